The Hall–Kier alpha value is -0.560. The van der Waals surface area contributed by atoms with Crippen LogP contribution in [0.25, 0.3) is 0 Å². The molecule has 13 heavy (non-hydrogen) atoms. The SMILES string of the molecule is C#Cc1c(I)cccc1C(C)CF. The van der Waals surface area contributed by atoms with Gasteiger partial charge in [0.05, 0.1) is 6.67 Å². The summed E-state index contributed by atoms with van der Waals surface area (Å²) < 4.78 is 13.5. The van der Waals surface area contributed by atoms with Crippen LogP contribution in [0, 0.1) is 15.9 Å². The molecule has 0 bridgehead atoms. The molecule has 0 saturated heterocycles. The molecule has 1 unspecified atom stereocenters. The van der Waals surface area contributed by atoms with Crippen molar-refractivity contribution in [3.05, 3.63) is 32.9 Å². The van der Waals surface area contributed by atoms with Gasteiger partial charge in [-0.05, 0) is 34.2 Å². The van der Waals surface area contributed by atoms with Crippen molar-refractivity contribution in [2.45, 2.75) is 12.8 Å². The fraction of sp³-hybridized carbons (Fsp3) is 0.273. The van der Waals surface area contributed by atoms with E-state index < -0.39 is 0 Å². The minimum atomic E-state index is -0.366. The number of halogens is 2. The lowest BCUT2D eigenvalue weighted by molar-refractivity contribution is 0.447. The fourth-order valence-electron chi connectivity index (χ4n) is 1.19. The van der Waals surface area contributed by atoms with E-state index in [0.29, 0.717) is 0 Å². The Morgan fingerprint density at radius 1 is 1.62 bits per heavy atom. The monoisotopic (exact) mass is 288 g/mol. The van der Waals surface area contributed by atoms with Crippen LogP contribution in [0.3, 0.4) is 0 Å². The van der Waals surface area contributed by atoms with Gasteiger partial charge in [-0.1, -0.05) is 25.0 Å². The van der Waals surface area contributed by atoms with Crippen LogP contribution >= 0.6 is 22.6 Å². The second-order valence-electron chi connectivity index (χ2n) is 2.90. The van der Waals surface area contributed by atoms with E-state index in [1.165, 1.54) is 0 Å². The second kappa shape index (κ2) is 4.61. The molecule has 2 heteroatoms. The van der Waals surface area contributed by atoms with Crippen LogP contribution in [-0.4, -0.2) is 6.67 Å². The van der Waals surface area contributed by atoms with E-state index in [9.17, 15) is 4.39 Å². The Kier molecular flexibility index (Phi) is 3.73. The third kappa shape index (κ3) is 2.22. The van der Waals surface area contributed by atoms with Crippen LogP contribution in [0.5, 0.6) is 0 Å². The number of hydrogen-bond acceptors (Lipinski definition) is 0. The average Bonchev–Trinajstić information content (AvgIpc) is 2.16. The number of alkyl halides is 1. The van der Waals surface area contributed by atoms with Crippen LogP contribution in [0.1, 0.15) is 24.0 Å². The summed E-state index contributed by atoms with van der Waals surface area (Å²) >= 11 is 2.17. The van der Waals surface area contributed by atoms with Gasteiger partial charge in [0.2, 0.25) is 0 Å². The molecule has 0 N–H and O–H groups in total. The molecule has 1 aromatic carbocycles. The standard InChI is InChI=1S/C11H10FI/c1-3-9-10(8(2)7-12)5-4-6-11(9)13/h1,4-6,8H,7H2,2H3. The number of rotatable bonds is 2. The first-order valence-electron chi connectivity index (χ1n) is 4.01. The zero-order chi connectivity index (χ0) is 9.84. The number of hydrogen-bond donors (Lipinski definition) is 0. The van der Waals surface area contributed by atoms with Crippen molar-refractivity contribution in [2.75, 3.05) is 6.67 Å². The van der Waals surface area contributed by atoms with Gasteiger partial charge in [0.15, 0.2) is 0 Å². The first-order chi connectivity index (χ1) is 6.20. The van der Waals surface area contributed by atoms with Crippen molar-refractivity contribution in [3.63, 3.8) is 0 Å². The third-order valence-electron chi connectivity index (χ3n) is 1.95. The molecule has 0 spiro atoms. The molecule has 0 amide bonds. The van der Waals surface area contributed by atoms with E-state index in [1.54, 1.807) is 0 Å². The quantitative estimate of drug-likeness (QED) is 0.578. The maximum atomic E-state index is 12.4. The Morgan fingerprint density at radius 2 is 2.31 bits per heavy atom. The highest BCUT2D eigenvalue weighted by molar-refractivity contribution is 14.1. The molecule has 0 nitrogen and oxygen atoms in total. The van der Waals surface area contributed by atoms with Crippen molar-refractivity contribution in [1.29, 1.82) is 0 Å². The van der Waals surface area contributed by atoms with Crippen molar-refractivity contribution >= 4 is 22.6 Å². The van der Waals surface area contributed by atoms with Gasteiger partial charge in [-0.2, -0.15) is 0 Å². The van der Waals surface area contributed by atoms with Gasteiger partial charge >= 0.3 is 0 Å². The molecular weight excluding hydrogens is 278 g/mol. The van der Waals surface area contributed by atoms with E-state index in [-0.39, 0.29) is 12.6 Å². The van der Waals surface area contributed by atoms with Gasteiger partial charge in [-0.3, -0.25) is 4.39 Å². The van der Waals surface area contributed by atoms with E-state index in [0.717, 1.165) is 14.7 Å². The van der Waals surface area contributed by atoms with Crippen LogP contribution in [0.15, 0.2) is 18.2 Å². The molecule has 1 atom stereocenters. The maximum absolute atomic E-state index is 12.4. The molecule has 0 fully saturated rings. The van der Waals surface area contributed by atoms with Gasteiger partial charge in [0.25, 0.3) is 0 Å². The van der Waals surface area contributed by atoms with Crippen molar-refractivity contribution in [2.24, 2.45) is 0 Å². The smallest absolute Gasteiger partial charge is 0.0960 e. The van der Waals surface area contributed by atoms with Crippen LogP contribution in [0.2, 0.25) is 0 Å². The minimum absolute atomic E-state index is 0.110. The Bertz CT molecular complexity index is 338. The number of terminal acetylenes is 1. The molecule has 68 valence electrons. The summed E-state index contributed by atoms with van der Waals surface area (Å²) in [6.45, 7) is 1.47. The van der Waals surface area contributed by atoms with Crippen LogP contribution in [-0.2, 0) is 0 Å². The predicted octanol–water partition coefficient (Wildman–Crippen LogP) is 3.35. The molecule has 0 radical (unpaired) electrons. The number of benzene rings is 1. The molecule has 0 saturated carbocycles. The van der Waals surface area contributed by atoms with Gasteiger partial charge < -0.3 is 0 Å². The molecular formula is C11H10FI. The van der Waals surface area contributed by atoms with Gasteiger partial charge in [0, 0.05) is 15.1 Å². The highest BCUT2D eigenvalue weighted by Crippen LogP contribution is 2.23. The topological polar surface area (TPSA) is 0 Å². The lowest BCUT2D eigenvalue weighted by Gasteiger charge is -2.10. The first kappa shape index (κ1) is 10.5. The lowest BCUT2D eigenvalue weighted by atomic mass is 9.97. The van der Waals surface area contributed by atoms with Gasteiger partial charge in [0.1, 0.15) is 0 Å². The van der Waals surface area contributed by atoms with Crippen molar-refractivity contribution in [1.82, 2.24) is 0 Å². The molecule has 0 heterocycles. The van der Waals surface area contributed by atoms with Gasteiger partial charge in [-0.25, -0.2) is 0 Å². The van der Waals surface area contributed by atoms with Crippen LogP contribution < -0.4 is 0 Å². The molecule has 1 aromatic rings. The predicted molar refractivity (Wildman–Crippen MR) is 61.5 cm³/mol. The Labute approximate surface area is 91.7 Å². The van der Waals surface area contributed by atoms with E-state index in [2.05, 4.69) is 28.5 Å². The van der Waals surface area contributed by atoms with Crippen LogP contribution in [0.4, 0.5) is 4.39 Å². The fourth-order valence-corrected chi connectivity index (χ4v) is 1.86. The molecule has 0 aliphatic carbocycles. The molecule has 0 aliphatic heterocycles. The maximum Gasteiger partial charge on any atom is 0.0960 e. The zero-order valence-corrected chi connectivity index (χ0v) is 9.51. The van der Waals surface area contributed by atoms with E-state index in [1.807, 2.05) is 25.1 Å². The van der Waals surface area contributed by atoms with Gasteiger partial charge in [-0.15, -0.1) is 6.42 Å². The summed E-state index contributed by atoms with van der Waals surface area (Å²) in [5, 5.41) is 0. The summed E-state index contributed by atoms with van der Waals surface area (Å²) in [4.78, 5) is 0. The third-order valence-corrected chi connectivity index (χ3v) is 2.85. The minimum Gasteiger partial charge on any atom is -0.250 e. The highest BCUT2D eigenvalue weighted by Gasteiger charge is 2.10. The lowest BCUT2D eigenvalue weighted by Crippen LogP contribution is -2.00. The van der Waals surface area contributed by atoms with E-state index >= 15 is 0 Å². The summed E-state index contributed by atoms with van der Waals surface area (Å²) in [7, 11) is 0. The van der Waals surface area contributed by atoms with Crippen molar-refractivity contribution in [3.8, 4) is 12.3 Å². The summed E-state index contributed by atoms with van der Waals surface area (Å²) in [6.07, 6.45) is 5.37. The molecule has 0 aliphatic rings. The first-order valence-corrected chi connectivity index (χ1v) is 5.09. The molecule has 1 rings (SSSR count). The Balaban J connectivity index is 3.22. The summed E-state index contributed by atoms with van der Waals surface area (Å²) in [6, 6.07) is 5.73. The van der Waals surface area contributed by atoms with Crippen molar-refractivity contribution < 1.29 is 4.39 Å². The van der Waals surface area contributed by atoms with E-state index in [4.69, 9.17) is 6.42 Å². The second-order valence-corrected chi connectivity index (χ2v) is 4.07. The zero-order valence-electron chi connectivity index (χ0n) is 7.35. The normalized spacial score (nSPS) is 12.2. The molecule has 0 aromatic heterocycles. The highest BCUT2D eigenvalue weighted by atomic mass is 127. The Morgan fingerprint density at radius 3 is 2.85 bits per heavy atom. The summed E-state index contributed by atoms with van der Waals surface area (Å²) in [5.74, 6) is 2.49. The largest absolute Gasteiger partial charge is 0.250 e. The average molecular weight is 288 g/mol. The summed E-state index contributed by atoms with van der Waals surface area (Å²) in [5.41, 5.74) is 1.75.